The Labute approximate surface area is 108 Å². The van der Waals surface area contributed by atoms with E-state index in [4.69, 9.17) is 4.42 Å². The molecule has 2 atom stereocenters. The quantitative estimate of drug-likeness (QED) is 0.897. The van der Waals surface area contributed by atoms with Crippen molar-refractivity contribution in [1.82, 2.24) is 4.90 Å². The predicted molar refractivity (Wildman–Crippen MR) is 68.5 cm³/mol. The van der Waals surface area contributed by atoms with Gasteiger partial charge in [0.2, 0.25) is 0 Å². The molecule has 0 radical (unpaired) electrons. The normalized spacial score (nSPS) is 23.6. The van der Waals surface area contributed by atoms with Gasteiger partial charge in [-0.3, -0.25) is 9.69 Å². The molecule has 4 heteroatoms. The summed E-state index contributed by atoms with van der Waals surface area (Å²) in [5.41, 5.74) is 0. The summed E-state index contributed by atoms with van der Waals surface area (Å²) in [6.07, 6.45) is 3.91. The van der Waals surface area contributed by atoms with Crippen molar-refractivity contribution in [2.24, 2.45) is 0 Å². The molecule has 1 aromatic heterocycles. The summed E-state index contributed by atoms with van der Waals surface area (Å²) >= 11 is 0. The number of aliphatic carboxylic acids is 1. The Morgan fingerprint density at radius 1 is 1.44 bits per heavy atom. The number of nitrogens with zero attached hydrogens (tertiary/aromatic N) is 1. The van der Waals surface area contributed by atoms with Crippen molar-refractivity contribution in [1.29, 1.82) is 0 Å². The number of hydrogen-bond acceptors (Lipinski definition) is 3. The van der Waals surface area contributed by atoms with Crippen LogP contribution in [-0.4, -0.2) is 28.6 Å². The summed E-state index contributed by atoms with van der Waals surface area (Å²) < 4.78 is 5.63. The number of hydrogen-bond donors (Lipinski definition) is 1. The first kappa shape index (κ1) is 13.1. The highest BCUT2D eigenvalue weighted by Gasteiger charge is 2.32. The Bertz CT molecular complexity index is 413. The summed E-state index contributed by atoms with van der Waals surface area (Å²) in [5, 5.41) is 9.36. The van der Waals surface area contributed by atoms with E-state index in [1.54, 1.807) is 0 Å². The maximum Gasteiger partial charge on any atom is 0.320 e. The molecule has 0 saturated carbocycles. The fourth-order valence-electron chi connectivity index (χ4n) is 2.70. The van der Waals surface area contributed by atoms with Crippen LogP contribution in [0.2, 0.25) is 0 Å². The highest BCUT2D eigenvalue weighted by Crippen LogP contribution is 2.28. The molecule has 2 unspecified atom stereocenters. The lowest BCUT2D eigenvalue weighted by Crippen LogP contribution is -2.42. The third kappa shape index (κ3) is 2.75. The molecule has 100 valence electrons. The third-order valence-corrected chi connectivity index (χ3v) is 3.75. The van der Waals surface area contributed by atoms with Crippen LogP contribution in [0.1, 0.15) is 50.2 Å². The maximum absolute atomic E-state index is 11.4. The lowest BCUT2D eigenvalue weighted by atomic mass is 10.1. The Morgan fingerprint density at radius 3 is 2.83 bits per heavy atom. The minimum Gasteiger partial charge on any atom is -0.480 e. The Morgan fingerprint density at radius 2 is 2.22 bits per heavy atom. The van der Waals surface area contributed by atoms with Crippen molar-refractivity contribution in [3.05, 3.63) is 23.7 Å². The van der Waals surface area contributed by atoms with Gasteiger partial charge < -0.3 is 9.52 Å². The lowest BCUT2D eigenvalue weighted by molar-refractivity contribution is -0.144. The van der Waals surface area contributed by atoms with E-state index in [1.165, 1.54) is 0 Å². The first-order valence-corrected chi connectivity index (χ1v) is 6.64. The van der Waals surface area contributed by atoms with E-state index in [9.17, 15) is 9.90 Å². The number of carbonyl (C=O) groups is 1. The van der Waals surface area contributed by atoms with Gasteiger partial charge in [-0.25, -0.2) is 0 Å². The summed E-state index contributed by atoms with van der Waals surface area (Å²) in [7, 11) is 0. The van der Waals surface area contributed by atoms with Crippen molar-refractivity contribution in [3.63, 3.8) is 0 Å². The predicted octanol–water partition coefficient (Wildman–Crippen LogP) is 2.98. The van der Waals surface area contributed by atoms with Gasteiger partial charge in [-0.15, -0.1) is 0 Å². The molecule has 1 aliphatic rings. The van der Waals surface area contributed by atoms with Crippen LogP contribution in [0, 0.1) is 6.92 Å². The second kappa shape index (κ2) is 5.57. The van der Waals surface area contributed by atoms with Crippen LogP contribution >= 0.6 is 0 Å². The molecule has 1 aliphatic heterocycles. The molecular weight excluding hydrogens is 230 g/mol. The molecule has 4 nitrogen and oxygen atoms in total. The molecular formula is C14H21NO3. The lowest BCUT2D eigenvalue weighted by Gasteiger charge is -2.31. The van der Waals surface area contributed by atoms with Crippen molar-refractivity contribution in [2.75, 3.05) is 6.54 Å². The summed E-state index contributed by atoms with van der Waals surface area (Å²) in [4.78, 5) is 13.4. The average Bonchev–Trinajstić information content (AvgIpc) is 2.63. The number of likely N-dealkylation sites (tertiary alicyclic amines) is 1. The van der Waals surface area contributed by atoms with E-state index in [-0.39, 0.29) is 12.1 Å². The summed E-state index contributed by atoms with van der Waals surface area (Å²) in [5.74, 6) is 1.02. The van der Waals surface area contributed by atoms with Crippen molar-refractivity contribution in [2.45, 2.75) is 51.6 Å². The third-order valence-electron chi connectivity index (χ3n) is 3.75. The van der Waals surface area contributed by atoms with Crippen molar-refractivity contribution >= 4 is 5.97 Å². The largest absolute Gasteiger partial charge is 0.480 e. The molecule has 1 saturated heterocycles. The minimum atomic E-state index is -0.716. The van der Waals surface area contributed by atoms with Crippen LogP contribution in [-0.2, 0) is 4.79 Å². The highest BCUT2D eigenvalue weighted by atomic mass is 16.4. The fourth-order valence-corrected chi connectivity index (χ4v) is 2.70. The van der Waals surface area contributed by atoms with Crippen LogP contribution in [0.25, 0.3) is 0 Å². The number of carboxylic acids is 1. The van der Waals surface area contributed by atoms with Gasteiger partial charge in [0.25, 0.3) is 0 Å². The molecule has 0 bridgehead atoms. The van der Waals surface area contributed by atoms with Crippen molar-refractivity contribution < 1.29 is 14.3 Å². The van der Waals surface area contributed by atoms with Crippen LogP contribution in [0.4, 0.5) is 0 Å². The molecule has 2 heterocycles. The summed E-state index contributed by atoms with van der Waals surface area (Å²) in [6.45, 7) is 4.77. The van der Waals surface area contributed by atoms with E-state index in [1.807, 2.05) is 26.0 Å². The minimum absolute atomic E-state index is 0.0258. The number of furan rings is 1. The molecule has 0 spiro atoms. The molecule has 1 aromatic rings. The average molecular weight is 251 g/mol. The topological polar surface area (TPSA) is 53.7 Å². The Kier molecular flexibility index (Phi) is 4.07. The van der Waals surface area contributed by atoms with Crippen LogP contribution in [0.15, 0.2) is 16.5 Å². The van der Waals surface area contributed by atoms with Crippen LogP contribution < -0.4 is 0 Å². The van der Waals surface area contributed by atoms with Crippen LogP contribution in [0.3, 0.4) is 0 Å². The number of aryl methyl sites for hydroxylation is 1. The fraction of sp³-hybridized carbons (Fsp3) is 0.643. The highest BCUT2D eigenvalue weighted by molar-refractivity contribution is 5.73. The molecule has 0 aromatic carbocycles. The number of rotatable bonds is 3. The van der Waals surface area contributed by atoms with Crippen LogP contribution in [0.5, 0.6) is 0 Å². The van der Waals surface area contributed by atoms with Gasteiger partial charge >= 0.3 is 5.97 Å². The van der Waals surface area contributed by atoms with Gasteiger partial charge in [-0.05, 0) is 45.4 Å². The first-order chi connectivity index (χ1) is 8.59. The van der Waals surface area contributed by atoms with Gasteiger partial charge in [-0.2, -0.15) is 0 Å². The first-order valence-electron chi connectivity index (χ1n) is 6.64. The molecule has 1 N–H and O–H groups in total. The second-order valence-electron chi connectivity index (χ2n) is 5.07. The van der Waals surface area contributed by atoms with E-state index < -0.39 is 5.97 Å². The Balaban J connectivity index is 2.19. The smallest absolute Gasteiger partial charge is 0.320 e. The van der Waals surface area contributed by atoms with Gasteiger partial charge in [0.1, 0.15) is 17.6 Å². The van der Waals surface area contributed by atoms with Gasteiger partial charge in [0.05, 0.1) is 6.04 Å². The zero-order valence-electron chi connectivity index (χ0n) is 11.1. The van der Waals surface area contributed by atoms with Gasteiger partial charge in [-0.1, -0.05) is 12.8 Å². The van der Waals surface area contributed by atoms with Crippen molar-refractivity contribution in [3.8, 4) is 0 Å². The number of carboxylic acid groups (broad SMARTS) is 1. The molecule has 1 fully saturated rings. The maximum atomic E-state index is 11.4. The Hall–Kier alpha value is -1.29. The standard InChI is InChI=1S/C14H21NO3/c1-10-7-8-13(18-10)11(2)15-9-5-3-4-6-12(15)14(16)17/h7-8,11-12H,3-6,9H2,1-2H3,(H,16,17). The molecule has 0 amide bonds. The zero-order valence-corrected chi connectivity index (χ0v) is 11.1. The zero-order chi connectivity index (χ0) is 13.1. The molecule has 0 aliphatic carbocycles. The van der Waals surface area contributed by atoms with Gasteiger partial charge in [0.15, 0.2) is 0 Å². The summed E-state index contributed by atoms with van der Waals surface area (Å²) in [6, 6.07) is 3.52. The SMILES string of the molecule is Cc1ccc(C(C)N2CCCCCC2C(=O)O)o1. The van der Waals surface area contributed by atoms with E-state index in [2.05, 4.69) is 4.90 Å². The molecule has 18 heavy (non-hydrogen) atoms. The van der Waals surface area contributed by atoms with E-state index >= 15 is 0 Å². The van der Waals surface area contributed by atoms with E-state index in [0.717, 1.165) is 43.7 Å². The van der Waals surface area contributed by atoms with E-state index in [0.29, 0.717) is 0 Å². The monoisotopic (exact) mass is 251 g/mol. The molecule has 2 rings (SSSR count). The van der Waals surface area contributed by atoms with Gasteiger partial charge in [0, 0.05) is 0 Å². The second-order valence-corrected chi connectivity index (χ2v) is 5.07.